The molecule has 1 aromatic carbocycles. The fourth-order valence-electron chi connectivity index (χ4n) is 2.63. The summed E-state index contributed by atoms with van der Waals surface area (Å²) in [5, 5.41) is 9.57. The Labute approximate surface area is 153 Å². The molecule has 2 N–H and O–H groups in total. The molecule has 0 bridgehead atoms. The van der Waals surface area contributed by atoms with Gasteiger partial charge in [0.1, 0.15) is 12.1 Å². The van der Waals surface area contributed by atoms with Crippen LogP contribution in [-0.4, -0.2) is 29.3 Å². The molecule has 2 heterocycles. The van der Waals surface area contributed by atoms with E-state index in [9.17, 15) is 14.4 Å². The highest BCUT2D eigenvalue weighted by Gasteiger charge is 2.49. The molecule has 4 amide bonds. The maximum atomic E-state index is 12.6. The number of hydrogen-bond acceptors (Lipinski definition) is 4. The maximum Gasteiger partial charge on any atom is 0.325 e. The van der Waals surface area contributed by atoms with E-state index in [0.717, 1.165) is 10.5 Å². The number of thiophene rings is 1. The lowest BCUT2D eigenvalue weighted by Crippen LogP contribution is -2.43. The molecule has 130 valence electrons. The first-order chi connectivity index (χ1) is 11.9. The summed E-state index contributed by atoms with van der Waals surface area (Å²) in [5.74, 6) is -0.855. The van der Waals surface area contributed by atoms with Crippen LogP contribution in [0.15, 0.2) is 41.1 Å². The maximum absolute atomic E-state index is 12.6. The smallest absolute Gasteiger partial charge is 0.325 e. The average molecular weight is 378 g/mol. The second kappa shape index (κ2) is 6.85. The van der Waals surface area contributed by atoms with E-state index in [2.05, 4.69) is 10.6 Å². The van der Waals surface area contributed by atoms with Crippen LogP contribution < -0.4 is 10.6 Å². The van der Waals surface area contributed by atoms with Crippen molar-refractivity contribution in [2.75, 3.05) is 6.54 Å². The Hall–Kier alpha value is -2.38. The standard InChI is InChI=1S/C17H16ClN3O3S/c1-17(12-5-6-25-10-12)15(23)21(16(24)20-17)9-14(22)19-8-11-3-2-4-13(18)7-11/h2-7,10H,8-9H2,1H3,(H,19,22)(H,20,24)/t17-/m0/s1. The van der Waals surface area contributed by atoms with Crippen LogP contribution in [0.25, 0.3) is 0 Å². The number of benzene rings is 1. The zero-order valence-corrected chi connectivity index (χ0v) is 15.0. The molecule has 25 heavy (non-hydrogen) atoms. The lowest BCUT2D eigenvalue weighted by atomic mass is 9.95. The molecule has 8 heteroatoms. The van der Waals surface area contributed by atoms with Gasteiger partial charge in [0.15, 0.2) is 0 Å². The van der Waals surface area contributed by atoms with E-state index < -0.39 is 23.4 Å². The number of amides is 4. The highest BCUT2D eigenvalue weighted by molar-refractivity contribution is 7.08. The van der Waals surface area contributed by atoms with Crippen LogP contribution >= 0.6 is 22.9 Å². The van der Waals surface area contributed by atoms with E-state index in [0.29, 0.717) is 10.6 Å². The van der Waals surface area contributed by atoms with E-state index in [1.54, 1.807) is 36.6 Å². The van der Waals surface area contributed by atoms with Crippen LogP contribution in [0.2, 0.25) is 5.02 Å². The second-order valence-corrected chi connectivity index (χ2v) is 7.08. The van der Waals surface area contributed by atoms with Crippen molar-refractivity contribution in [2.45, 2.75) is 19.0 Å². The molecule has 0 saturated carbocycles. The highest BCUT2D eigenvalue weighted by Crippen LogP contribution is 2.30. The first kappa shape index (κ1) is 17.4. The predicted molar refractivity (Wildman–Crippen MR) is 95.2 cm³/mol. The van der Waals surface area contributed by atoms with Crippen molar-refractivity contribution in [1.29, 1.82) is 0 Å². The van der Waals surface area contributed by atoms with Crippen LogP contribution in [0.1, 0.15) is 18.1 Å². The molecule has 1 atom stereocenters. The fraction of sp³-hybridized carbons (Fsp3) is 0.235. The van der Waals surface area contributed by atoms with Crippen molar-refractivity contribution < 1.29 is 14.4 Å². The number of carbonyl (C=O) groups is 3. The normalized spacial score (nSPS) is 19.8. The fourth-order valence-corrected chi connectivity index (χ4v) is 3.61. The molecule has 1 aliphatic rings. The SMILES string of the molecule is C[C@@]1(c2ccsc2)NC(=O)N(CC(=O)NCc2cccc(Cl)c2)C1=O. The average Bonchev–Trinajstić information content (AvgIpc) is 3.18. The third-order valence-electron chi connectivity index (χ3n) is 4.05. The van der Waals surface area contributed by atoms with Crippen LogP contribution in [-0.2, 0) is 21.7 Å². The lowest BCUT2D eigenvalue weighted by molar-refractivity contribution is -0.134. The second-order valence-electron chi connectivity index (χ2n) is 5.87. The first-order valence-corrected chi connectivity index (χ1v) is 8.90. The number of halogens is 1. The first-order valence-electron chi connectivity index (χ1n) is 7.58. The summed E-state index contributed by atoms with van der Waals surface area (Å²) < 4.78 is 0. The van der Waals surface area contributed by atoms with Crippen LogP contribution in [0.3, 0.4) is 0 Å². The van der Waals surface area contributed by atoms with Crippen molar-refractivity contribution in [3.63, 3.8) is 0 Å². The number of carbonyl (C=O) groups excluding carboxylic acids is 3. The number of rotatable bonds is 5. The van der Waals surface area contributed by atoms with Crippen LogP contribution in [0.4, 0.5) is 4.79 Å². The summed E-state index contributed by atoms with van der Waals surface area (Å²) in [6.45, 7) is 1.58. The third-order valence-corrected chi connectivity index (χ3v) is 4.97. The van der Waals surface area contributed by atoms with Gasteiger partial charge in [-0.1, -0.05) is 23.7 Å². The monoisotopic (exact) mass is 377 g/mol. The van der Waals surface area contributed by atoms with Gasteiger partial charge in [0.25, 0.3) is 5.91 Å². The summed E-state index contributed by atoms with van der Waals surface area (Å²) in [7, 11) is 0. The largest absolute Gasteiger partial charge is 0.350 e. The van der Waals surface area contributed by atoms with Crippen molar-refractivity contribution in [2.24, 2.45) is 0 Å². The van der Waals surface area contributed by atoms with Gasteiger partial charge in [-0.15, -0.1) is 0 Å². The molecule has 1 saturated heterocycles. The van der Waals surface area contributed by atoms with E-state index in [4.69, 9.17) is 11.6 Å². The van der Waals surface area contributed by atoms with Crippen molar-refractivity contribution in [3.8, 4) is 0 Å². The van der Waals surface area contributed by atoms with Gasteiger partial charge < -0.3 is 10.6 Å². The van der Waals surface area contributed by atoms with Gasteiger partial charge in [-0.3, -0.25) is 14.5 Å². The molecule has 1 fully saturated rings. The summed E-state index contributed by atoms with van der Waals surface area (Å²) in [6.07, 6.45) is 0. The Kier molecular flexibility index (Phi) is 4.78. The third kappa shape index (κ3) is 3.52. The lowest BCUT2D eigenvalue weighted by Gasteiger charge is -2.20. The molecule has 0 radical (unpaired) electrons. The Bertz CT molecular complexity index is 824. The predicted octanol–water partition coefficient (Wildman–Crippen LogP) is 2.48. The summed E-state index contributed by atoms with van der Waals surface area (Å²) in [5.41, 5.74) is 0.406. The zero-order chi connectivity index (χ0) is 18.0. The molecule has 2 aromatic rings. The Morgan fingerprint density at radius 1 is 1.36 bits per heavy atom. The van der Waals surface area contributed by atoms with Gasteiger partial charge in [0, 0.05) is 11.6 Å². The van der Waals surface area contributed by atoms with E-state index in [1.807, 2.05) is 11.4 Å². The minimum Gasteiger partial charge on any atom is -0.350 e. The molecular weight excluding hydrogens is 362 g/mol. The molecular formula is C17H16ClN3O3S. The minimum atomic E-state index is -1.13. The van der Waals surface area contributed by atoms with E-state index in [1.165, 1.54) is 11.3 Å². The van der Waals surface area contributed by atoms with Crippen molar-refractivity contribution in [1.82, 2.24) is 15.5 Å². The summed E-state index contributed by atoms with van der Waals surface area (Å²) >= 11 is 7.34. The van der Waals surface area contributed by atoms with Gasteiger partial charge in [0.05, 0.1) is 0 Å². The van der Waals surface area contributed by atoms with Crippen LogP contribution in [0, 0.1) is 0 Å². The summed E-state index contributed by atoms with van der Waals surface area (Å²) in [6, 6.07) is 8.30. The van der Waals surface area contributed by atoms with E-state index >= 15 is 0 Å². The number of nitrogens with one attached hydrogen (secondary N) is 2. The Balaban J connectivity index is 1.63. The molecule has 0 unspecified atom stereocenters. The van der Waals surface area contributed by atoms with Crippen LogP contribution in [0.5, 0.6) is 0 Å². The van der Waals surface area contributed by atoms with Gasteiger partial charge in [-0.05, 0) is 47.0 Å². The quantitative estimate of drug-likeness (QED) is 0.786. The van der Waals surface area contributed by atoms with E-state index in [-0.39, 0.29) is 13.1 Å². The Morgan fingerprint density at radius 3 is 2.84 bits per heavy atom. The van der Waals surface area contributed by atoms with Gasteiger partial charge in [-0.25, -0.2) is 4.79 Å². The topological polar surface area (TPSA) is 78.5 Å². The minimum absolute atomic E-state index is 0.269. The van der Waals surface area contributed by atoms with Crippen molar-refractivity contribution >= 4 is 40.8 Å². The molecule has 3 rings (SSSR count). The summed E-state index contributed by atoms with van der Waals surface area (Å²) in [4.78, 5) is 37.9. The molecule has 1 aromatic heterocycles. The molecule has 6 nitrogen and oxygen atoms in total. The number of imide groups is 1. The van der Waals surface area contributed by atoms with Gasteiger partial charge >= 0.3 is 6.03 Å². The number of nitrogens with zero attached hydrogens (tertiary/aromatic N) is 1. The van der Waals surface area contributed by atoms with Gasteiger partial charge in [-0.2, -0.15) is 11.3 Å². The van der Waals surface area contributed by atoms with Crippen molar-refractivity contribution in [3.05, 3.63) is 57.2 Å². The zero-order valence-electron chi connectivity index (χ0n) is 13.4. The highest BCUT2D eigenvalue weighted by atomic mass is 35.5. The number of hydrogen-bond donors (Lipinski definition) is 2. The number of urea groups is 1. The Morgan fingerprint density at radius 2 is 2.16 bits per heavy atom. The van der Waals surface area contributed by atoms with Gasteiger partial charge in [0.2, 0.25) is 5.91 Å². The molecule has 0 aliphatic carbocycles. The molecule has 0 spiro atoms. The molecule has 1 aliphatic heterocycles.